The van der Waals surface area contributed by atoms with Gasteiger partial charge in [-0.15, -0.1) is 0 Å². The molecule has 0 spiro atoms. The predicted octanol–water partition coefficient (Wildman–Crippen LogP) is 2.47. The van der Waals surface area contributed by atoms with Crippen molar-refractivity contribution in [3.05, 3.63) is 53.1 Å². The van der Waals surface area contributed by atoms with Crippen molar-refractivity contribution in [2.24, 2.45) is 0 Å². The summed E-state index contributed by atoms with van der Waals surface area (Å²) in [5.74, 6) is 0.446. The molecule has 0 unspecified atom stereocenters. The summed E-state index contributed by atoms with van der Waals surface area (Å²) >= 11 is 0. The van der Waals surface area contributed by atoms with Crippen LogP contribution in [0.25, 0.3) is 0 Å². The number of nitrogens with zero attached hydrogens (tertiary/aromatic N) is 5. The van der Waals surface area contributed by atoms with Crippen LogP contribution in [0.2, 0.25) is 0 Å². The second kappa shape index (κ2) is 8.58. The van der Waals surface area contributed by atoms with Crippen LogP contribution in [0, 0.1) is 24.1 Å². The Morgan fingerprint density at radius 2 is 1.89 bits per heavy atom. The lowest BCUT2D eigenvalue weighted by Gasteiger charge is -2.35. The maximum absolute atomic E-state index is 12.9. The summed E-state index contributed by atoms with van der Waals surface area (Å²) in [6.45, 7) is 4.38. The molecule has 1 aromatic carbocycles. The molecule has 3 rings (SSSR count). The Labute approximate surface area is 158 Å². The maximum atomic E-state index is 12.9. The molecular formula is C20H22FN5O. The number of nitriles is 1. The average molecular weight is 367 g/mol. The van der Waals surface area contributed by atoms with Gasteiger partial charge in [-0.25, -0.2) is 14.4 Å². The van der Waals surface area contributed by atoms with Crippen LogP contribution in [0.5, 0.6) is 0 Å². The van der Waals surface area contributed by atoms with Gasteiger partial charge in [0.05, 0.1) is 0 Å². The third-order valence-electron chi connectivity index (χ3n) is 4.64. The van der Waals surface area contributed by atoms with E-state index >= 15 is 0 Å². The van der Waals surface area contributed by atoms with E-state index in [0.717, 1.165) is 24.1 Å². The summed E-state index contributed by atoms with van der Waals surface area (Å²) in [5.41, 5.74) is 2.16. The SMILES string of the molecule is Cc1cc(C#N)nc(N2CCN(C(=O)CCCc3ccc(F)cc3)CC2)n1. The van der Waals surface area contributed by atoms with Crippen LogP contribution in [0.1, 0.15) is 29.8 Å². The van der Waals surface area contributed by atoms with E-state index in [1.54, 1.807) is 18.2 Å². The van der Waals surface area contributed by atoms with Crippen molar-refractivity contribution < 1.29 is 9.18 Å². The first-order chi connectivity index (χ1) is 13.0. The van der Waals surface area contributed by atoms with Gasteiger partial charge in [0, 0.05) is 38.3 Å². The lowest BCUT2D eigenvalue weighted by molar-refractivity contribution is -0.131. The molecule has 1 saturated heterocycles. The van der Waals surface area contributed by atoms with Gasteiger partial charge >= 0.3 is 0 Å². The molecule has 0 radical (unpaired) electrons. The minimum atomic E-state index is -0.243. The van der Waals surface area contributed by atoms with Crippen molar-refractivity contribution in [2.45, 2.75) is 26.2 Å². The molecule has 0 bridgehead atoms. The molecule has 1 aromatic heterocycles. The number of carbonyl (C=O) groups excluding carboxylic acids is 1. The van der Waals surface area contributed by atoms with Crippen molar-refractivity contribution in [1.29, 1.82) is 5.26 Å². The minimum absolute atomic E-state index is 0.139. The number of amides is 1. The van der Waals surface area contributed by atoms with Gasteiger partial charge in [-0.1, -0.05) is 12.1 Å². The van der Waals surface area contributed by atoms with Crippen molar-refractivity contribution in [3.63, 3.8) is 0 Å². The highest BCUT2D eigenvalue weighted by molar-refractivity contribution is 5.76. The Balaban J connectivity index is 1.47. The summed E-state index contributed by atoms with van der Waals surface area (Å²) in [6.07, 6.45) is 1.99. The zero-order chi connectivity index (χ0) is 19.2. The number of anilines is 1. The van der Waals surface area contributed by atoms with Gasteiger partial charge < -0.3 is 9.80 Å². The van der Waals surface area contributed by atoms with Crippen LogP contribution in [0.4, 0.5) is 10.3 Å². The summed E-state index contributed by atoms with van der Waals surface area (Å²) < 4.78 is 12.9. The minimum Gasteiger partial charge on any atom is -0.339 e. The van der Waals surface area contributed by atoms with E-state index in [-0.39, 0.29) is 11.7 Å². The number of rotatable bonds is 5. The maximum Gasteiger partial charge on any atom is 0.226 e. The van der Waals surface area contributed by atoms with Crippen LogP contribution in [-0.4, -0.2) is 47.0 Å². The molecule has 27 heavy (non-hydrogen) atoms. The molecule has 0 atom stereocenters. The van der Waals surface area contributed by atoms with Gasteiger partial charge in [-0.2, -0.15) is 5.26 Å². The van der Waals surface area contributed by atoms with E-state index in [0.29, 0.717) is 44.2 Å². The summed E-state index contributed by atoms with van der Waals surface area (Å²) in [6, 6.07) is 10.1. The van der Waals surface area contributed by atoms with Gasteiger partial charge in [0.2, 0.25) is 11.9 Å². The van der Waals surface area contributed by atoms with E-state index in [1.165, 1.54) is 12.1 Å². The Morgan fingerprint density at radius 3 is 2.56 bits per heavy atom. The third kappa shape index (κ3) is 5.00. The summed E-state index contributed by atoms with van der Waals surface area (Å²) in [7, 11) is 0. The topological polar surface area (TPSA) is 73.1 Å². The van der Waals surface area contributed by atoms with E-state index < -0.39 is 0 Å². The van der Waals surface area contributed by atoms with Crippen LogP contribution in [0.3, 0.4) is 0 Å². The Morgan fingerprint density at radius 1 is 1.19 bits per heavy atom. The van der Waals surface area contributed by atoms with Crippen molar-refractivity contribution in [3.8, 4) is 6.07 Å². The first-order valence-electron chi connectivity index (χ1n) is 9.08. The molecule has 0 saturated carbocycles. The highest BCUT2D eigenvalue weighted by Crippen LogP contribution is 2.14. The molecule has 1 aliphatic heterocycles. The fourth-order valence-corrected chi connectivity index (χ4v) is 3.16. The molecule has 0 aliphatic carbocycles. The Bertz CT molecular complexity index is 838. The number of hydrogen-bond acceptors (Lipinski definition) is 5. The third-order valence-corrected chi connectivity index (χ3v) is 4.64. The normalized spacial score (nSPS) is 14.1. The molecule has 140 valence electrons. The van der Waals surface area contributed by atoms with Gasteiger partial charge in [-0.3, -0.25) is 4.79 Å². The van der Waals surface area contributed by atoms with E-state index in [1.807, 2.05) is 16.7 Å². The Hall–Kier alpha value is -3.01. The predicted molar refractivity (Wildman–Crippen MR) is 99.6 cm³/mol. The summed E-state index contributed by atoms with van der Waals surface area (Å²) in [5, 5.41) is 9.05. The van der Waals surface area contributed by atoms with Crippen LogP contribution in [0.15, 0.2) is 30.3 Å². The Kier molecular flexibility index (Phi) is 5.97. The number of carbonyl (C=O) groups is 1. The molecule has 1 amide bonds. The van der Waals surface area contributed by atoms with Crippen LogP contribution < -0.4 is 4.90 Å². The van der Waals surface area contributed by atoms with E-state index in [4.69, 9.17) is 5.26 Å². The monoisotopic (exact) mass is 367 g/mol. The van der Waals surface area contributed by atoms with Crippen LogP contribution in [-0.2, 0) is 11.2 Å². The largest absolute Gasteiger partial charge is 0.339 e. The highest BCUT2D eigenvalue weighted by atomic mass is 19.1. The number of hydrogen-bond donors (Lipinski definition) is 0. The van der Waals surface area contributed by atoms with Crippen LogP contribution >= 0.6 is 0 Å². The first-order valence-corrected chi connectivity index (χ1v) is 9.08. The van der Waals surface area contributed by atoms with E-state index in [2.05, 4.69) is 16.0 Å². The highest BCUT2D eigenvalue weighted by Gasteiger charge is 2.22. The molecule has 1 fully saturated rings. The first kappa shape index (κ1) is 18.8. The second-order valence-electron chi connectivity index (χ2n) is 6.65. The average Bonchev–Trinajstić information content (AvgIpc) is 2.69. The molecule has 1 aliphatic rings. The molecule has 6 nitrogen and oxygen atoms in total. The number of benzene rings is 1. The zero-order valence-electron chi connectivity index (χ0n) is 15.4. The smallest absolute Gasteiger partial charge is 0.226 e. The fraction of sp³-hybridized carbons (Fsp3) is 0.400. The molecule has 2 aromatic rings. The molecule has 2 heterocycles. The number of aryl methyl sites for hydroxylation is 2. The standard InChI is InChI=1S/C20H22FN5O/c1-15-13-18(14-22)24-20(23-15)26-11-9-25(10-12-26)19(27)4-2-3-16-5-7-17(21)8-6-16/h5-8,13H,2-4,9-12H2,1H3. The molecule has 0 N–H and O–H groups in total. The van der Waals surface area contributed by atoms with Gasteiger partial charge in [0.15, 0.2) is 0 Å². The lowest BCUT2D eigenvalue weighted by atomic mass is 10.1. The molecular weight excluding hydrogens is 345 g/mol. The van der Waals surface area contributed by atoms with Gasteiger partial charge in [0.25, 0.3) is 0 Å². The van der Waals surface area contributed by atoms with Crippen molar-refractivity contribution in [1.82, 2.24) is 14.9 Å². The van der Waals surface area contributed by atoms with Gasteiger partial charge in [0.1, 0.15) is 17.6 Å². The second-order valence-corrected chi connectivity index (χ2v) is 6.65. The number of piperazine rings is 1. The van der Waals surface area contributed by atoms with Gasteiger partial charge in [-0.05, 0) is 43.5 Å². The number of aromatic nitrogens is 2. The molecule has 7 heteroatoms. The zero-order valence-corrected chi connectivity index (χ0v) is 15.4. The fourth-order valence-electron chi connectivity index (χ4n) is 3.16. The van der Waals surface area contributed by atoms with Crippen molar-refractivity contribution in [2.75, 3.05) is 31.1 Å². The lowest BCUT2D eigenvalue weighted by Crippen LogP contribution is -2.49. The number of halogens is 1. The summed E-state index contributed by atoms with van der Waals surface area (Å²) in [4.78, 5) is 24.9. The van der Waals surface area contributed by atoms with E-state index in [9.17, 15) is 9.18 Å². The quantitative estimate of drug-likeness (QED) is 0.812. The van der Waals surface area contributed by atoms with Crippen molar-refractivity contribution >= 4 is 11.9 Å².